The van der Waals surface area contributed by atoms with Gasteiger partial charge >= 0.3 is 0 Å². The fourth-order valence-electron chi connectivity index (χ4n) is 0.727. The van der Waals surface area contributed by atoms with Crippen molar-refractivity contribution in [3.05, 3.63) is 10.5 Å². The van der Waals surface area contributed by atoms with Gasteiger partial charge in [0.25, 0.3) is 0 Å². The Bertz CT molecular complexity index is 106. The van der Waals surface area contributed by atoms with E-state index in [9.17, 15) is 0 Å². The van der Waals surface area contributed by atoms with Gasteiger partial charge in [-0.25, -0.2) is 0 Å². The first-order valence-electron chi connectivity index (χ1n) is 3.57. The van der Waals surface area contributed by atoms with E-state index in [1.165, 1.54) is 10.5 Å². The summed E-state index contributed by atoms with van der Waals surface area (Å²) in [6.07, 6.45) is 1.03. The van der Waals surface area contributed by atoms with Gasteiger partial charge < -0.3 is 0 Å². The molecule has 0 aromatic carbocycles. The number of rotatable bonds is 4. The molecule has 0 fully saturated rings. The lowest BCUT2D eigenvalue weighted by molar-refractivity contribution is 1.16. The maximum Gasteiger partial charge on any atom is 0.0268 e. The molecule has 0 N–H and O–H groups in total. The van der Waals surface area contributed by atoms with Crippen molar-refractivity contribution in [3.8, 4) is 0 Å². The highest BCUT2D eigenvalue weighted by Gasteiger charge is 1.97. The molecule has 2 heteroatoms. The predicted molar refractivity (Wildman–Crippen MR) is 51.8 cm³/mol. The van der Waals surface area contributed by atoms with Gasteiger partial charge in [-0.2, -0.15) is 0 Å². The van der Waals surface area contributed by atoms with Crippen molar-refractivity contribution in [3.63, 3.8) is 0 Å². The van der Waals surface area contributed by atoms with Crippen molar-refractivity contribution in [2.24, 2.45) is 0 Å². The monoisotopic (exact) mass is 178 g/mol. The second-order valence-electron chi connectivity index (χ2n) is 2.30. The molecule has 60 valence electrons. The lowest BCUT2D eigenvalue weighted by atomic mass is 10.3. The van der Waals surface area contributed by atoms with Gasteiger partial charge in [0.05, 0.1) is 0 Å². The van der Waals surface area contributed by atoms with Crippen molar-refractivity contribution >= 4 is 23.4 Å². The minimum Gasteiger partial charge on any atom is -0.131 e. The zero-order valence-corrected chi connectivity index (χ0v) is 8.48. The Labute approximate surface area is 73.0 Å². The van der Waals surface area contributed by atoms with Crippen LogP contribution in [0.3, 0.4) is 0 Å². The average Bonchev–Trinajstić information content (AvgIpc) is 1.87. The highest BCUT2D eigenvalue weighted by molar-refractivity contribution is 8.03. The van der Waals surface area contributed by atoms with Gasteiger partial charge in [-0.3, -0.25) is 0 Å². The van der Waals surface area contributed by atoms with Crippen LogP contribution >= 0.6 is 23.4 Å². The van der Waals surface area contributed by atoms with E-state index in [2.05, 4.69) is 20.8 Å². The Kier molecular flexibility index (Phi) is 6.35. The van der Waals surface area contributed by atoms with Crippen molar-refractivity contribution in [1.29, 1.82) is 0 Å². The normalized spacial score (nSPS) is 9.60. The summed E-state index contributed by atoms with van der Waals surface area (Å²) in [5, 5.41) is 0. The Morgan fingerprint density at radius 3 is 2.30 bits per heavy atom. The van der Waals surface area contributed by atoms with Crippen molar-refractivity contribution < 1.29 is 0 Å². The van der Waals surface area contributed by atoms with Gasteiger partial charge in [-0.05, 0) is 30.9 Å². The maximum atomic E-state index is 5.63. The van der Waals surface area contributed by atoms with E-state index >= 15 is 0 Å². The summed E-state index contributed by atoms with van der Waals surface area (Å²) in [6.45, 7) is 6.46. The van der Waals surface area contributed by atoms with E-state index in [1.54, 1.807) is 0 Å². The lowest BCUT2D eigenvalue weighted by Gasteiger charge is -2.04. The summed E-state index contributed by atoms with van der Waals surface area (Å²) in [7, 11) is 0. The average molecular weight is 179 g/mol. The molecule has 0 unspecified atom stereocenters. The van der Waals surface area contributed by atoms with Crippen LogP contribution in [0.25, 0.3) is 0 Å². The third-order valence-corrected chi connectivity index (χ3v) is 2.64. The topological polar surface area (TPSA) is 0 Å². The molecule has 0 saturated carbocycles. The van der Waals surface area contributed by atoms with Crippen LogP contribution in [0.1, 0.15) is 27.2 Å². The molecule has 0 atom stereocenters. The van der Waals surface area contributed by atoms with E-state index in [-0.39, 0.29) is 0 Å². The molecular weight excluding hydrogens is 164 g/mol. The molecule has 0 nitrogen and oxygen atoms in total. The Morgan fingerprint density at radius 2 is 2.00 bits per heavy atom. The molecule has 0 aromatic rings. The largest absolute Gasteiger partial charge is 0.131 e. The molecule has 0 rings (SSSR count). The van der Waals surface area contributed by atoms with Crippen LogP contribution in [0.5, 0.6) is 0 Å². The number of hydrogen-bond acceptors (Lipinski definition) is 1. The molecule has 0 bridgehead atoms. The van der Waals surface area contributed by atoms with Gasteiger partial charge in [0.2, 0.25) is 0 Å². The van der Waals surface area contributed by atoms with Crippen LogP contribution < -0.4 is 0 Å². The molecule has 0 aliphatic heterocycles. The Hall–Kier alpha value is 0.380. The molecule has 0 radical (unpaired) electrons. The zero-order valence-electron chi connectivity index (χ0n) is 6.91. The standard InChI is InChI=1S/C8H15ClS/c1-4-10-8(5-6-9)7(2)3/h4-6H2,1-3H3. The molecule has 0 amide bonds. The van der Waals surface area contributed by atoms with Gasteiger partial charge in [-0.15, -0.1) is 23.4 Å². The van der Waals surface area contributed by atoms with Crippen LogP contribution in [-0.2, 0) is 0 Å². The van der Waals surface area contributed by atoms with Crippen LogP contribution in [0.15, 0.2) is 10.5 Å². The van der Waals surface area contributed by atoms with Crippen LogP contribution in [0, 0.1) is 0 Å². The maximum absolute atomic E-state index is 5.63. The van der Waals surface area contributed by atoms with Gasteiger partial charge in [-0.1, -0.05) is 12.5 Å². The Morgan fingerprint density at radius 1 is 1.40 bits per heavy atom. The van der Waals surface area contributed by atoms with Gasteiger partial charge in [0, 0.05) is 5.88 Å². The third kappa shape index (κ3) is 4.24. The summed E-state index contributed by atoms with van der Waals surface area (Å²) in [5.74, 6) is 1.89. The van der Waals surface area contributed by atoms with Crippen molar-refractivity contribution in [2.75, 3.05) is 11.6 Å². The Balaban J connectivity index is 3.86. The third-order valence-electron chi connectivity index (χ3n) is 1.20. The minimum atomic E-state index is 0.744. The SMILES string of the molecule is CCSC(CCCl)=C(C)C. The van der Waals surface area contributed by atoms with E-state index in [4.69, 9.17) is 11.6 Å². The van der Waals surface area contributed by atoms with Crippen molar-refractivity contribution in [1.82, 2.24) is 0 Å². The summed E-state index contributed by atoms with van der Waals surface area (Å²) in [4.78, 5) is 1.46. The lowest BCUT2D eigenvalue weighted by Crippen LogP contribution is -1.83. The minimum absolute atomic E-state index is 0.744. The molecule has 0 aliphatic rings. The smallest absolute Gasteiger partial charge is 0.0268 e. The summed E-state index contributed by atoms with van der Waals surface area (Å²) >= 11 is 7.53. The summed E-state index contributed by atoms with van der Waals surface area (Å²) in [6, 6.07) is 0. The fourth-order valence-corrected chi connectivity index (χ4v) is 1.91. The second kappa shape index (κ2) is 6.11. The fraction of sp³-hybridized carbons (Fsp3) is 0.750. The number of halogens is 1. The van der Waals surface area contributed by atoms with Crippen LogP contribution in [-0.4, -0.2) is 11.6 Å². The first-order chi connectivity index (χ1) is 4.72. The number of thioether (sulfide) groups is 1. The molecule has 0 saturated heterocycles. The first-order valence-corrected chi connectivity index (χ1v) is 5.09. The second-order valence-corrected chi connectivity index (χ2v) is 4.03. The van der Waals surface area contributed by atoms with Gasteiger partial charge in [0.1, 0.15) is 0 Å². The molecule has 0 spiro atoms. The molecule has 10 heavy (non-hydrogen) atoms. The molecule has 0 aliphatic carbocycles. The van der Waals surface area contributed by atoms with Gasteiger partial charge in [0.15, 0.2) is 0 Å². The van der Waals surface area contributed by atoms with Crippen molar-refractivity contribution in [2.45, 2.75) is 27.2 Å². The quantitative estimate of drug-likeness (QED) is 0.593. The van der Waals surface area contributed by atoms with E-state index in [0.717, 1.165) is 18.1 Å². The van der Waals surface area contributed by atoms with Crippen LogP contribution in [0.4, 0.5) is 0 Å². The molecule has 0 aromatic heterocycles. The first kappa shape index (κ1) is 10.4. The number of hydrogen-bond donors (Lipinski definition) is 0. The zero-order chi connectivity index (χ0) is 7.98. The van der Waals surface area contributed by atoms with E-state index in [0.29, 0.717) is 0 Å². The number of alkyl halides is 1. The molecule has 0 heterocycles. The highest BCUT2D eigenvalue weighted by Crippen LogP contribution is 2.22. The predicted octanol–water partition coefficient (Wildman–Crippen LogP) is 3.66. The molecular formula is C8H15ClS. The van der Waals surface area contributed by atoms with E-state index < -0.39 is 0 Å². The number of allylic oxidation sites excluding steroid dienone is 2. The van der Waals surface area contributed by atoms with E-state index in [1.807, 2.05) is 11.8 Å². The highest BCUT2D eigenvalue weighted by atomic mass is 35.5. The van der Waals surface area contributed by atoms with Crippen LogP contribution in [0.2, 0.25) is 0 Å². The summed E-state index contributed by atoms with van der Waals surface area (Å²) < 4.78 is 0. The summed E-state index contributed by atoms with van der Waals surface area (Å²) in [5.41, 5.74) is 1.41.